The van der Waals surface area contributed by atoms with Crippen molar-refractivity contribution in [2.75, 3.05) is 13.6 Å². The van der Waals surface area contributed by atoms with Crippen LogP contribution in [0.4, 0.5) is 0 Å². The first kappa shape index (κ1) is 12.5. The minimum atomic E-state index is 0.459. The summed E-state index contributed by atoms with van der Waals surface area (Å²) in [5.74, 6) is 1.04. The van der Waals surface area contributed by atoms with E-state index >= 15 is 0 Å². The molecule has 1 N–H and O–H groups in total. The second-order valence-electron chi connectivity index (χ2n) is 6.76. The van der Waals surface area contributed by atoms with E-state index in [2.05, 4.69) is 46.5 Å². The smallest absolute Gasteiger partial charge is 0.124 e. The third kappa shape index (κ3) is 1.64. The van der Waals surface area contributed by atoms with Crippen LogP contribution in [0.15, 0.2) is 41.2 Å². The molecule has 22 heavy (non-hydrogen) atoms. The van der Waals surface area contributed by atoms with Crippen LogP contribution in [0.1, 0.15) is 35.1 Å². The van der Waals surface area contributed by atoms with Crippen LogP contribution in [0.5, 0.6) is 0 Å². The molecule has 0 bridgehead atoms. The average Bonchev–Trinajstić information content (AvgIpc) is 3.19. The minimum absolute atomic E-state index is 0.459. The maximum absolute atomic E-state index is 5.07. The Morgan fingerprint density at radius 3 is 3.14 bits per heavy atom. The van der Waals surface area contributed by atoms with Crippen LogP contribution in [-0.2, 0) is 6.42 Å². The number of rotatable bonds is 1. The molecule has 5 rings (SSSR count). The second-order valence-corrected chi connectivity index (χ2v) is 6.76. The first-order valence-corrected chi connectivity index (χ1v) is 8.00. The third-order valence-corrected chi connectivity index (χ3v) is 5.60. The van der Waals surface area contributed by atoms with Gasteiger partial charge in [0.15, 0.2) is 0 Å². The van der Waals surface area contributed by atoms with Gasteiger partial charge in [-0.15, -0.1) is 0 Å². The fourth-order valence-corrected chi connectivity index (χ4v) is 4.59. The number of likely N-dealkylation sites (tertiary alicyclic amines) is 1. The van der Waals surface area contributed by atoms with E-state index in [0.29, 0.717) is 17.9 Å². The molecule has 3 atom stereocenters. The molecule has 1 aromatic carbocycles. The molecule has 1 saturated heterocycles. The van der Waals surface area contributed by atoms with Gasteiger partial charge in [0, 0.05) is 47.6 Å². The number of aromatic nitrogens is 2. The molecule has 3 aromatic rings. The highest BCUT2D eigenvalue weighted by Crippen LogP contribution is 2.46. The summed E-state index contributed by atoms with van der Waals surface area (Å²) in [6.07, 6.45) is 6.18. The number of likely N-dealkylation sites (N-methyl/N-ethyl adjacent to an activating group) is 1. The minimum Gasteiger partial charge on any atom is -0.365 e. The lowest BCUT2D eigenvalue weighted by Gasteiger charge is -2.45. The van der Waals surface area contributed by atoms with Crippen LogP contribution in [-0.4, -0.2) is 34.7 Å². The number of hydrogen-bond donors (Lipinski definition) is 1. The second kappa shape index (κ2) is 4.46. The third-order valence-electron chi connectivity index (χ3n) is 5.60. The molecule has 1 aliphatic carbocycles. The van der Waals surface area contributed by atoms with Crippen LogP contribution in [0, 0.1) is 0 Å². The number of nitrogens with one attached hydrogen (secondary N) is 1. The predicted octanol–water partition coefficient (Wildman–Crippen LogP) is 3.28. The van der Waals surface area contributed by atoms with Crippen molar-refractivity contribution >= 4 is 10.9 Å². The van der Waals surface area contributed by atoms with Gasteiger partial charge in [0.1, 0.15) is 6.26 Å². The highest BCUT2D eigenvalue weighted by molar-refractivity contribution is 5.88. The van der Waals surface area contributed by atoms with Gasteiger partial charge in [0.25, 0.3) is 0 Å². The van der Waals surface area contributed by atoms with Crippen molar-refractivity contribution in [2.24, 2.45) is 0 Å². The molecule has 0 radical (unpaired) electrons. The van der Waals surface area contributed by atoms with Gasteiger partial charge in [-0.25, -0.2) is 0 Å². The summed E-state index contributed by atoms with van der Waals surface area (Å²) in [4.78, 5) is 5.95. The topological polar surface area (TPSA) is 45.1 Å². The first-order valence-electron chi connectivity index (χ1n) is 8.00. The zero-order valence-corrected chi connectivity index (χ0v) is 12.6. The Bertz CT molecular complexity index is 820. The van der Waals surface area contributed by atoms with Gasteiger partial charge >= 0.3 is 0 Å². The lowest BCUT2D eigenvalue weighted by Crippen LogP contribution is -2.47. The highest BCUT2D eigenvalue weighted by Gasteiger charge is 2.40. The zero-order chi connectivity index (χ0) is 14.7. The number of H-pyrrole nitrogens is 1. The normalized spacial score (nSPS) is 28.0. The molecular weight excluding hydrogens is 274 g/mol. The maximum atomic E-state index is 5.07. The highest BCUT2D eigenvalue weighted by atomic mass is 16.5. The summed E-state index contributed by atoms with van der Waals surface area (Å²) in [5, 5.41) is 5.64. The van der Waals surface area contributed by atoms with Crippen molar-refractivity contribution in [3.63, 3.8) is 0 Å². The van der Waals surface area contributed by atoms with Gasteiger partial charge in [-0.3, -0.25) is 0 Å². The summed E-state index contributed by atoms with van der Waals surface area (Å²) in [7, 11) is 2.25. The molecule has 4 nitrogen and oxygen atoms in total. The van der Waals surface area contributed by atoms with Crippen LogP contribution >= 0.6 is 0 Å². The van der Waals surface area contributed by atoms with E-state index in [-0.39, 0.29) is 0 Å². The van der Waals surface area contributed by atoms with Crippen LogP contribution in [0.2, 0.25) is 0 Å². The van der Waals surface area contributed by atoms with Crippen molar-refractivity contribution in [2.45, 2.75) is 30.7 Å². The Morgan fingerprint density at radius 2 is 2.27 bits per heavy atom. The molecule has 0 saturated carbocycles. The first-order chi connectivity index (χ1) is 10.8. The van der Waals surface area contributed by atoms with Crippen LogP contribution < -0.4 is 0 Å². The van der Waals surface area contributed by atoms with Gasteiger partial charge < -0.3 is 14.4 Å². The van der Waals surface area contributed by atoms with Gasteiger partial charge in [-0.1, -0.05) is 17.3 Å². The molecule has 3 heterocycles. The van der Waals surface area contributed by atoms with Gasteiger partial charge in [0.05, 0.1) is 5.69 Å². The van der Waals surface area contributed by atoms with Crippen molar-refractivity contribution in [3.05, 3.63) is 53.5 Å². The number of aromatic amines is 1. The summed E-state index contributed by atoms with van der Waals surface area (Å²) in [6.45, 7) is 1.06. The molecule has 4 heteroatoms. The van der Waals surface area contributed by atoms with Gasteiger partial charge in [-0.2, -0.15) is 0 Å². The Hall–Kier alpha value is -2.07. The van der Waals surface area contributed by atoms with Crippen LogP contribution in [0.25, 0.3) is 10.9 Å². The predicted molar refractivity (Wildman–Crippen MR) is 85.0 cm³/mol. The van der Waals surface area contributed by atoms with E-state index in [4.69, 9.17) is 4.52 Å². The lowest BCUT2D eigenvalue weighted by molar-refractivity contribution is 0.137. The molecule has 1 unspecified atom stereocenters. The van der Waals surface area contributed by atoms with E-state index < -0.39 is 0 Å². The zero-order valence-electron chi connectivity index (χ0n) is 12.6. The van der Waals surface area contributed by atoms with Gasteiger partial charge in [0.2, 0.25) is 0 Å². The largest absolute Gasteiger partial charge is 0.365 e. The van der Waals surface area contributed by atoms with E-state index in [1.54, 1.807) is 6.26 Å². The monoisotopic (exact) mass is 293 g/mol. The SMILES string of the molecule is CN1C[C@H](c2ccon2)CC2c3cccc4[nH]cc(c34)C[C@H]21. The van der Waals surface area contributed by atoms with E-state index in [0.717, 1.165) is 25.1 Å². The molecule has 1 aliphatic heterocycles. The molecular formula is C18H19N3O. The number of nitrogens with zero attached hydrogens (tertiary/aromatic N) is 2. The molecule has 0 amide bonds. The molecule has 2 aromatic heterocycles. The number of piperidine rings is 1. The lowest BCUT2D eigenvalue weighted by atomic mass is 9.72. The quantitative estimate of drug-likeness (QED) is 0.749. The maximum Gasteiger partial charge on any atom is 0.124 e. The molecule has 0 spiro atoms. The average molecular weight is 293 g/mol. The number of benzene rings is 1. The standard InChI is InChI=1S/C18H19N3O/c1-21-10-12(15-5-6-22-20-15)7-14-13-3-2-4-16-18(13)11(9-19-16)8-17(14)21/h2-6,9,12,14,17,19H,7-8,10H2,1H3/t12-,14?,17-/m1/s1. The Kier molecular flexibility index (Phi) is 2.53. The summed E-state index contributed by atoms with van der Waals surface area (Å²) in [6, 6.07) is 9.29. The fraction of sp³-hybridized carbons (Fsp3) is 0.389. The number of fused-ring (bicyclic) bond motifs is 2. The fourth-order valence-electron chi connectivity index (χ4n) is 4.59. The van der Waals surface area contributed by atoms with Crippen molar-refractivity contribution in [1.82, 2.24) is 15.0 Å². The molecule has 1 fully saturated rings. The number of hydrogen-bond acceptors (Lipinski definition) is 3. The van der Waals surface area contributed by atoms with Crippen LogP contribution in [0.3, 0.4) is 0 Å². The van der Waals surface area contributed by atoms with Crippen molar-refractivity contribution < 1.29 is 4.52 Å². The Morgan fingerprint density at radius 1 is 1.32 bits per heavy atom. The summed E-state index contributed by atoms with van der Waals surface area (Å²) >= 11 is 0. The Balaban J connectivity index is 1.62. The van der Waals surface area contributed by atoms with E-state index in [1.807, 2.05) is 6.07 Å². The van der Waals surface area contributed by atoms with Crippen molar-refractivity contribution in [1.29, 1.82) is 0 Å². The van der Waals surface area contributed by atoms with Gasteiger partial charge in [-0.05, 0) is 37.1 Å². The Labute approximate surface area is 129 Å². The summed E-state index contributed by atoms with van der Waals surface area (Å²) in [5.41, 5.74) is 5.35. The molecule has 112 valence electrons. The van der Waals surface area contributed by atoms with Crippen molar-refractivity contribution in [3.8, 4) is 0 Å². The van der Waals surface area contributed by atoms with E-state index in [9.17, 15) is 0 Å². The molecule has 2 aliphatic rings. The summed E-state index contributed by atoms with van der Waals surface area (Å²) < 4.78 is 5.07. The van der Waals surface area contributed by atoms with E-state index in [1.165, 1.54) is 22.0 Å².